The molecule has 0 spiro atoms. The van der Waals surface area contributed by atoms with Gasteiger partial charge in [-0.05, 0) is 18.2 Å². The van der Waals surface area contributed by atoms with Crippen molar-refractivity contribution in [3.05, 3.63) is 59.4 Å². The third-order valence-electron chi connectivity index (χ3n) is 3.51. The lowest BCUT2D eigenvalue weighted by atomic mass is 10.0. The summed E-state index contributed by atoms with van der Waals surface area (Å²) in [5.74, 6) is -0.679. The van der Waals surface area contributed by atoms with Gasteiger partial charge in [0.25, 0.3) is 0 Å². The first kappa shape index (κ1) is 17.1. The number of halogens is 4. The molecule has 0 fully saturated rings. The second kappa shape index (κ2) is 6.29. The predicted molar refractivity (Wildman–Crippen MR) is 87.7 cm³/mol. The molecule has 3 nitrogen and oxygen atoms in total. The number of hydrogen-bond donors (Lipinski definition) is 1. The number of carbonyl (C=O) groups is 1. The minimum Gasteiger partial charge on any atom is -0.375 e. The molecule has 2 N–H and O–H groups in total. The van der Waals surface area contributed by atoms with Crippen LogP contribution in [0.25, 0.3) is 21.7 Å². The van der Waals surface area contributed by atoms with E-state index in [1.165, 1.54) is 24.3 Å². The van der Waals surface area contributed by atoms with Gasteiger partial charge < -0.3 is 5.73 Å². The predicted octanol–water partition coefficient (Wildman–Crippen LogP) is 5.03. The van der Waals surface area contributed by atoms with Gasteiger partial charge >= 0.3 is 6.18 Å². The molecule has 128 valence electrons. The third kappa shape index (κ3) is 3.25. The summed E-state index contributed by atoms with van der Waals surface area (Å²) in [6, 6.07) is 8.45. The van der Waals surface area contributed by atoms with E-state index in [-0.39, 0.29) is 32.4 Å². The van der Waals surface area contributed by atoms with E-state index in [4.69, 9.17) is 5.73 Å². The highest BCUT2D eigenvalue weighted by atomic mass is 32.1. The molecule has 1 heterocycles. The highest BCUT2D eigenvalue weighted by Crippen LogP contribution is 2.41. The standard InChI is InChI=1S/C17H10F4N2OS/c18-12-6-2-4-10(8-24)13(12)15-14(23-16(22)25-15)9-3-1-5-11(7-9)17(19,20)21/h1-8H,(H2,22,23). The SMILES string of the molecule is Nc1nc(-c2cccc(C(F)(F)F)c2)c(-c2c(F)cccc2C=O)s1. The normalized spacial score (nSPS) is 11.5. The van der Waals surface area contributed by atoms with Gasteiger partial charge in [0.1, 0.15) is 5.82 Å². The zero-order valence-electron chi connectivity index (χ0n) is 12.5. The number of aromatic nitrogens is 1. The Hall–Kier alpha value is -2.74. The van der Waals surface area contributed by atoms with Crippen LogP contribution in [0.15, 0.2) is 42.5 Å². The number of nitrogens with two attached hydrogens (primary N) is 1. The lowest BCUT2D eigenvalue weighted by molar-refractivity contribution is -0.137. The number of thiazole rings is 1. The van der Waals surface area contributed by atoms with E-state index in [9.17, 15) is 22.4 Å². The molecule has 0 unspecified atom stereocenters. The summed E-state index contributed by atoms with van der Waals surface area (Å²) in [5, 5.41) is 0.0579. The molecule has 0 bridgehead atoms. The molecular weight excluding hydrogens is 356 g/mol. The maximum atomic E-state index is 14.3. The van der Waals surface area contributed by atoms with Crippen LogP contribution in [0.4, 0.5) is 22.7 Å². The van der Waals surface area contributed by atoms with Gasteiger partial charge in [-0.2, -0.15) is 13.2 Å². The molecule has 2 aromatic carbocycles. The summed E-state index contributed by atoms with van der Waals surface area (Å²) in [6.07, 6.45) is -4.05. The van der Waals surface area contributed by atoms with Crippen LogP contribution in [0.3, 0.4) is 0 Å². The first-order valence-corrected chi connectivity index (χ1v) is 7.81. The van der Waals surface area contributed by atoms with Crippen molar-refractivity contribution in [1.82, 2.24) is 4.98 Å². The van der Waals surface area contributed by atoms with Crippen molar-refractivity contribution >= 4 is 22.8 Å². The van der Waals surface area contributed by atoms with E-state index in [0.29, 0.717) is 6.29 Å². The fourth-order valence-corrected chi connectivity index (χ4v) is 3.35. The second-order valence-corrected chi connectivity index (χ2v) is 6.16. The van der Waals surface area contributed by atoms with Crippen LogP contribution in [0.2, 0.25) is 0 Å². The Balaban J connectivity index is 2.24. The van der Waals surface area contributed by atoms with Crippen LogP contribution >= 0.6 is 11.3 Å². The molecule has 0 aliphatic carbocycles. The highest BCUT2D eigenvalue weighted by molar-refractivity contribution is 7.19. The largest absolute Gasteiger partial charge is 0.416 e. The van der Waals surface area contributed by atoms with E-state index < -0.39 is 17.6 Å². The first-order valence-electron chi connectivity index (χ1n) is 6.99. The molecule has 0 atom stereocenters. The van der Waals surface area contributed by atoms with Crippen LogP contribution in [0.5, 0.6) is 0 Å². The lowest BCUT2D eigenvalue weighted by Crippen LogP contribution is -2.04. The number of anilines is 1. The summed E-state index contributed by atoms with van der Waals surface area (Å²) in [4.78, 5) is 15.5. The van der Waals surface area contributed by atoms with Crippen LogP contribution in [0.1, 0.15) is 15.9 Å². The monoisotopic (exact) mass is 366 g/mol. The average molecular weight is 366 g/mol. The summed E-state index contributed by atoms with van der Waals surface area (Å²) in [5.41, 5.74) is 5.11. The third-order valence-corrected chi connectivity index (χ3v) is 4.41. The molecule has 0 aliphatic heterocycles. The molecule has 0 saturated carbocycles. The second-order valence-electron chi connectivity index (χ2n) is 5.13. The number of alkyl halides is 3. The molecule has 25 heavy (non-hydrogen) atoms. The number of rotatable bonds is 3. The number of nitrogens with zero attached hydrogens (tertiary/aromatic N) is 1. The van der Waals surface area contributed by atoms with Gasteiger partial charge in [0.2, 0.25) is 0 Å². The van der Waals surface area contributed by atoms with Crippen molar-refractivity contribution in [2.45, 2.75) is 6.18 Å². The number of carbonyl (C=O) groups excluding carboxylic acids is 1. The Morgan fingerprint density at radius 1 is 1.12 bits per heavy atom. The Kier molecular flexibility index (Phi) is 4.30. The molecule has 3 aromatic rings. The van der Waals surface area contributed by atoms with Gasteiger partial charge in [0.15, 0.2) is 11.4 Å². The fourth-order valence-electron chi connectivity index (χ4n) is 2.42. The number of aldehydes is 1. The quantitative estimate of drug-likeness (QED) is 0.522. The van der Waals surface area contributed by atoms with Gasteiger partial charge in [0, 0.05) is 16.7 Å². The van der Waals surface area contributed by atoms with Crippen LogP contribution in [0, 0.1) is 5.82 Å². The first-order chi connectivity index (χ1) is 11.8. The van der Waals surface area contributed by atoms with Gasteiger partial charge in [0.05, 0.1) is 16.1 Å². The zero-order chi connectivity index (χ0) is 18.2. The Morgan fingerprint density at radius 3 is 2.52 bits per heavy atom. The number of hydrogen-bond acceptors (Lipinski definition) is 4. The maximum absolute atomic E-state index is 14.3. The molecule has 8 heteroatoms. The number of benzene rings is 2. The minimum absolute atomic E-state index is 0.0286. The molecule has 1 aromatic heterocycles. The van der Waals surface area contributed by atoms with Crippen LogP contribution in [-0.2, 0) is 6.18 Å². The summed E-state index contributed by atoms with van der Waals surface area (Å²) in [6.45, 7) is 0. The molecule has 0 aliphatic rings. The van der Waals surface area contributed by atoms with Crippen molar-refractivity contribution in [3.63, 3.8) is 0 Å². The topological polar surface area (TPSA) is 56.0 Å². The van der Waals surface area contributed by atoms with E-state index in [1.807, 2.05) is 0 Å². The highest BCUT2D eigenvalue weighted by Gasteiger charge is 2.31. The summed E-state index contributed by atoms with van der Waals surface area (Å²) in [7, 11) is 0. The minimum atomic E-state index is -4.52. The van der Waals surface area contributed by atoms with Crippen molar-refractivity contribution in [2.75, 3.05) is 5.73 Å². The van der Waals surface area contributed by atoms with Crippen molar-refractivity contribution in [3.8, 4) is 21.7 Å². The summed E-state index contributed by atoms with van der Waals surface area (Å²) < 4.78 is 53.1. The summed E-state index contributed by atoms with van der Waals surface area (Å²) >= 11 is 0.906. The van der Waals surface area contributed by atoms with Crippen molar-refractivity contribution in [2.24, 2.45) is 0 Å². The van der Waals surface area contributed by atoms with Gasteiger partial charge in [-0.25, -0.2) is 9.37 Å². The molecule has 0 radical (unpaired) electrons. The fraction of sp³-hybridized carbons (Fsp3) is 0.0588. The van der Waals surface area contributed by atoms with Crippen LogP contribution in [-0.4, -0.2) is 11.3 Å². The maximum Gasteiger partial charge on any atom is 0.416 e. The van der Waals surface area contributed by atoms with E-state index in [2.05, 4.69) is 4.98 Å². The van der Waals surface area contributed by atoms with Gasteiger partial charge in [-0.15, -0.1) is 0 Å². The smallest absolute Gasteiger partial charge is 0.375 e. The molecular formula is C17H10F4N2OS. The molecule has 3 rings (SSSR count). The Bertz CT molecular complexity index is 950. The molecule has 0 saturated heterocycles. The van der Waals surface area contributed by atoms with E-state index in [1.54, 1.807) is 0 Å². The average Bonchev–Trinajstić information content (AvgIpc) is 2.95. The lowest BCUT2D eigenvalue weighted by Gasteiger charge is -2.10. The van der Waals surface area contributed by atoms with Gasteiger partial charge in [-0.1, -0.05) is 35.6 Å². The van der Waals surface area contributed by atoms with E-state index >= 15 is 0 Å². The van der Waals surface area contributed by atoms with Crippen molar-refractivity contribution in [1.29, 1.82) is 0 Å². The zero-order valence-corrected chi connectivity index (χ0v) is 13.3. The van der Waals surface area contributed by atoms with Gasteiger partial charge in [-0.3, -0.25) is 4.79 Å². The number of nitrogen functional groups attached to an aromatic ring is 1. The Morgan fingerprint density at radius 2 is 1.84 bits per heavy atom. The van der Waals surface area contributed by atoms with Crippen LogP contribution < -0.4 is 5.73 Å². The van der Waals surface area contributed by atoms with E-state index in [0.717, 1.165) is 29.5 Å². The Labute approximate surface area is 143 Å². The molecule has 0 amide bonds. The van der Waals surface area contributed by atoms with Crippen molar-refractivity contribution < 1.29 is 22.4 Å².